The Hall–Kier alpha value is -2.52. The van der Waals surface area contributed by atoms with Crippen LogP contribution in [0.3, 0.4) is 0 Å². The van der Waals surface area contributed by atoms with Gasteiger partial charge in [-0.05, 0) is 19.1 Å². The second-order valence-electron chi connectivity index (χ2n) is 6.06. The fraction of sp³-hybridized carbons (Fsp3) is 0.278. The highest BCUT2D eigenvalue weighted by Gasteiger charge is 2.16. The van der Waals surface area contributed by atoms with Crippen LogP contribution in [0.1, 0.15) is 17.8 Å². The number of hydrogen-bond acceptors (Lipinski definition) is 6. The predicted octanol–water partition coefficient (Wildman–Crippen LogP) is 1.59. The van der Waals surface area contributed by atoms with E-state index in [1.165, 1.54) is 33.9 Å². The molecule has 0 spiro atoms. The Morgan fingerprint density at radius 2 is 2.00 bits per heavy atom. The number of amides is 1. The number of rotatable bonds is 7. The number of aromatic nitrogens is 2. The van der Waals surface area contributed by atoms with Crippen molar-refractivity contribution >= 4 is 32.0 Å². The number of thiazole rings is 1. The average Bonchev–Trinajstić information content (AvgIpc) is 3.04. The third-order valence-corrected chi connectivity index (χ3v) is 6.61. The molecule has 3 aromatic rings. The second-order valence-corrected chi connectivity index (χ2v) is 9.01. The fourth-order valence-electron chi connectivity index (χ4n) is 2.65. The molecule has 0 aliphatic heterocycles. The van der Waals surface area contributed by atoms with Crippen LogP contribution in [-0.4, -0.2) is 36.0 Å². The summed E-state index contributed by atoms with van der Waals surface area (Å²) >= 11 is 1.37. The number of nitrogens with one attached hydrogen (secondary N) is 1. The van der Waals surface area contributed by atoms with Crippen molar-refractivity contribution in [2.45, 2.75) is 24.7 Å². The molecule has 0 bridgehead atoms. The lowest BCUT2D eigenvalue weighted by molar-refractivity contribution is -0.120. The Labute approximate surface area is 160 Å². The topological polar surface area (TPSA) is 97.6 Å². The van der Waals surface area contributed by atoms with E-state index in [1.54, 1.807) is 25.1 Å². The summed E-state index contributed by atoms with van der Waals surface area (Å²) in [5.41, 5.74) is 1.29. The number of benzene rings is 1. The number of sulfone groups is 1. The summed E-state index contributed by atoms with van der Waals surface area (Å²) in [5, 5.41) is 4.55. The molecule has 0 saturated heterocycles. The van der Waals surface area contributed by atoms with Crippen LogP contribution in [0.2, 0.25) is 0 Å². The number of hydrogen-bond donors (Lipinski definition) is 1. The van der Waals surface area contributed by atoms with Crippen LogP contribution in [0.15, 0.2) is 51.5 Å². The standard InChI is InChI=1S/C18H19N3O4S2/c1-13-11-17(23)21-14(12-26-18(21)20-13)7-9-19-16(22)8-10-27(24,25)15-5-3-2-4-6-15/h2-6,11-12H,7-10H2,1H3,(H,19,22). The molecule has 7 nitrogen and oxygen atoms in total. The van der Waals surface area contributed by atoms with E-state index < -0.39 is 9.84 Å². The quantitative estimate of drug-likeness (QED) is 0.644. The maximum absolute atomic E-state index is 12.2. The van der Waals surface area contributed by atoms with Gasteiger partial charge in [0.25, 0.3) is 5.56 Å². The molecule has 27 heavy (non-hydrogen) atoms. The number of carbonyl (C=O) groups is 1. The predicted molar refractivity (Wildman–Crippen MR) is 104 cm³/mol. The van der Waals surface area contributed by atoms with E-state index in [1.807, 2.05) is 5.38 Å². The average molecular weight is 406 g/mol. The van der Waals surface area contributed by atoms with Crippen molar-refractivity contribution in [1.29, 1.82) is 0 Å². The Bertz CT molecular complexity index is 1120. The summed E-state index contributed by atoms with van der Waals surface area (Å²) in [6, 6.07) is 9.54. The molecule has 3 rings (SSSR count). The van der Waals surface area contributed by atoms with E-state index in [4.69, 9.17) is 0 Å². The van der Waals surface area contributed by atoms with Gasteiger partial charge in [-0.15, -0.1) is 11.3 Å². The van der Waals surface area contributed by atoms with Crippen molar-refractivity contribution < 1.29 is 13.2 Å². The van der Waals surface area contributed by atoms with Gasteiger partial charge < -0.3 is 5.32 Å². The first-order valence-corrected chi connectivity index (χ1v) is 10.9. The van der Waals surface area contributed by atoms with Gasteiger partial charge in [0.2, 0.25) is 5.91 Å². The molecule has 2 aromatic heterocycles. The number of carbonyl (C=O) groups excluding carboxylic acids is 1. The van der Waals surface area contributed by atoms with E-state index in [-0.39, 0.29) is 28.5 Å². The lowest BCUT2D eigenvalue weighted by atomic mass is 10.3. The van der Waals surface area contributed by atoms with Crippen molar-refractivity contribution in [2.75, 3.05) is 12.3 Å². The highest BCUT2D eigenvalue weighted by Crippen LogP contribution is 2.13. The molecule has 0 unspecified atom stereocenters. The Kier molecular flexibility index (Phi) is 5.71. The molecule has 0 fully saturated rings. The molecule has 1 amide bonds. The zero-order chi connectivity index (χ0) is 19.4. The van der Waals surface area contributed by atoms with E-state index in [0.717, 1.165) is 5.69 Å². The lowest BCUT2D eigenvalue weighted by Crippen LogP contribution is -2.28. The normalized spacial score (nSPS) is 11.6. The molecular weight excluding hydrogens is 386 g/mol. The number of fused-ring (bicyclic) bond motifs is 1. The maximum atomic E-state index is 12.2. The maximum Gasteiger partial charge on any atom is 0.258 e. The molecule has 1 aromatic carbocycles. The minimum Gasteiger partial charge on any atom is -0.356 e. The van der Waals surface area contributed by atoms with Gasteiger partial charge in [0.15, 0.2) is 14.8 Å². The van der Waals surface area contributed by atoms with Crippen molar-refractivity contribution in [3.8, 4) is 0 Å². The van der Waals surface area contributed by atoms with E-state index in [0.29, 0.717) is 23.6 Å². The van der Waals surface area contributed by atoms with Crippen molar-refractivity contribution in [1.82, 2.24) is 14.7 Å². The van der Waals surface area contributed by atoms with Gasteiger partial charge in [0, 0.05) is 42.2 Å². The van der Waals surface area contributed by atoms with Gasteiger partial charge in [-0.2, -0.15) is 0 Å². The van der Waals surface area contributed by atoms with Gasteiger partial charge >= 0.3 is 0 Å². The molecule has 0 aliphatic rings. The highest BCUT2D eigenvalue weighted by molar-refractivity contribution is 7.91. The van der Waals surface area contributed by atoms with E-state index >= 15 is 0 Å². The van der Waals surface area contributed by atoms with Gasteiger partial charge in [0.05, 0.1) is 10.6 Å². The summed E-state index contributed by atoms with van der Waals surface area (Å²) in [4.78, 5) is 29.2. The minimum absolute atomic E-state index is 0.109. The van der Waals surface area contributed by atoms with Crippen LogP contribution in [0.5, 0.6) is 0 Å². The summed E-state index contributed by atoms with van der Waals surface area (Å²) < 4.78 is 25.9. The molecule has 9 heteroatoms. The molecule has 0 atom stereocenters. The lowest BCUT2D eigenvalue weighted by Gasteiger charge is -2.06. The molecule has 1 N–H and O–H groups in total. The molecule has 0 radical (unpaired) electrons. The third kappa shape index (κ3) is 4.61. The van der Waals surface area contributed by atoms with Crippen LogP contribution in [-0.2, 0) is 21.1 Å². The Morgan fingerprint density at radius 3 is 2.74 bits per heavy atom. The molecule has 0 saturated carbocycles. The number of aryl methyl sites for hydroxylation is 1. The van der Waals surface area contributed by atoms with Crippen LogP contribution in [0.25, 0.3) is 4.96 Å². The summed E-state index contributed by atoms with van der Waals surface area (Å²) in [5.74, 6) is -0.581. The van der Waals surface area contributed by atoms with Crippen molar-refractivity contribution in [3.05, 3.63) is 63.5 Å². The zero-order valence-electron chi connectivity index (χ0n) is 14.7. The van der Waals surface area contributed by atoms with Crippen molar-refractivity contribution in [3.63, 3.8) is 0 Å². The van der Waals surface area contributed by atoms with Crippen LogP contribution in [0, 0.1) is 6.92 Å². The number of nitrogens with zero attached hydrogens (tertiary/aromatic N) is 2. The van der Waals surface area contributed by atoms with Gasteiger partial charge in [-0.25, -0.2) is 13.4 Å². The largest absolute Gasteiger partial charge is 0.356 e. The first kappa shape index (κ1) is 19.2. The van der Waals surface area contributed by atoms with Gasteiger partial charge in [-0.3, -0.25) is 14.0 Å². The minimum atomic E-state index is -3.47. The smallest absolute Gasteiger partial charge is 0.258 e. The van der Waals surface area contributed by atoms with Crippen LogP contribution in [0.4, 0.5) is 0 Å². The first-order chi connectivity index (χ1) is 12.9. The zero-order valence-corrected chi connectivity index (χ0v) is 16.3. The molecule has 0 aliphatic carbocycles. The Morgan fingerprint density at radius 1 is 1.26 bits per heavy atom. The summed E-state index contributed by atoms with van der Waals surface area (Å²) in [6.45, 7) is 2.08. The van der Waals surface area contributed by atoms with E-state index in [9.17, 15) is 18.0 Å². The Balaban J connectivity index is 1.54. The first-order valence-electron chi connectivity index (χ1n) is 8.38. The van der Waals surface area contributed by atoms with Gasteiger partial charge in [0.1, 0.15) is 0 Å². The van der Waals surface area contributed by atoms with E-state index in [2.05, 4.69) is 10.3 Å². The highest BCUT2D eigenvalue weighted by atomic mass is 32.2. The van der Waals surface area contributed by atoms with Crippen molar-refractivity contribution in [2.24, 2.45) is 0 Å². The SMILES string of the molecule is Cc1cc(=O)n2c(CCNC(=O)CCS(=O)(=O)c3ccccc3)csc2n1. The fourth-order valence-corrected chi connectivity index (χ4v) is 4.89. The molecule has 142 valence electrons. The second kappa shape index (κ2) is 8.01. The molecular formula is C18H19N3O4S2. The van der Waals surface area contributed by atoms with Crippen LogP contribution >= 0.6 is 11.3 Å². The summed E-state index contributed by atoms with van der Waals surface area (Å²) in [6.07, 6.45) is 0.351. The van der Waals surface area contributed by atoms with Gasteiger partial charge in [-0.1, -0.05) is 18.2 Å². The molecule has 2 heterocycles. The third-order valence-electron chi connectivity index (χ3n) is 4.01. The van der Waals surface area contributed by atoms with Crippen LogP contribution < -0.4 is 10.9 Å². The monoisotopic (exact) mass is 405 g/mol. The summed E-state index contributed by atoms with van der Waals surface area (Å²) in [7, 11) is -3.47.